The van der Waals surface area contributed by atoms with Gasteiger partial charge in [-0.1, -0.05) is 136 Å². The summed E-state index contributed by atoms with van der Waals surface area (Å²) < 4.78 is 0. The Morgan fingerprint density at radius 3 is 1.09 bits per heavy atom. The van der Waals surface area contributed by atoms with Gasteiger partial charge in [0.25, 0.3) is 0 Å². The SMILES string of the molecule is CCCCCCCCCCCCCCCCCCC(C)CC. The van der Waals surface area contributed by atoms with Crippen LogP contribution in [-0.2, 0) is 0 Å². The first-order valence-electron chi connectivity index (χ1n) is 10.8. The van der Waals surface area contributed by atoms with Crippen molar-refractivity contribution in [2.45, 2.75) is 136 Å². The second-order valence-corrected chi connectivity index (χ2v) is 7.61. The van der Waals surface area contributed by atoms with E-state index in [2.05, 4.69) is 20.8 Å². The van der Waals surface area contributed by atoms with Crippen LogP contribution in [-0.4, -0.2) is 0 Å². The van der Waals surface area contributed by atoms with E-state index in [4.69, 9.17) is 0 Å². The Morgan fingerprint density at radius 2 is 0.773 bits per heavy atom. The fraction of sp³-hybridized carbons (Fsp3) is 1.00. The molecule has 0 N–H and O–H groups in total. The van der Waals surface area contributed by atoms with E-state index in [1.807, 2.05) is 0 Å². The van der Waals surface area contributed by atoms with Crippen LogP contribution in [0.1, 0.15) is 136 Å². The number of hydrogen-bond donors (Lipinski definition) is 0. The van der Waals surface area contributed by atoms with Crippen molar-refractivity contribution in [3.63, 3.8) is 0 Å². The second-order valence-electron chi connectivity index (χ2n) is 7.61. The molecule has 0 saturated carbocycles. The van der Waals surface area contributed by atoms with Crippen molar-refractivity contribution in [3.8, 4) is 0 Å². The van der Waals surface area contributed by atoms with Crippen molar-refractivity contribution in [1.29, 1.82) is 0 Å². The Kier molecular flexibility index (Phi) is 19.0. The quantitative estimate of drug-likeness (QED) is 0.222. The van der Waals surface area contributed by atoms with Crippen LogP contribution in [0.5, 0.6) is 0 Å². The molecule has 0 radical (unpaired) electrons. The highest BCUT2D eigenvalue weighted by Gasteiger charge is 1.98. The molecule has 0 aliphatic heterocycles. The molecule has 0 heteroatoms. The summed E-state index contributed by atoms with van der Waals surface area (Å²) in [6, 6.07) is 0. The molecule has 22 heavy (non-hydrogen) atoms. The fourth-order valence-electron chi connectivity index (χ4n) is 3.25. The zero-order valence-electron chi connectivity index (χ0n) is 16.3. The minimum atomic E-state index is 0.951. The minimum absolute atomic E-state index is 0.951. The standard InChI is InChI=1S/C22H46/c1-4-6-7-8-9-10-11-12-13-14-15-16-17-18-19-20-21-22(3)5-2/h22H,4-21H2,1-3H3. The van der Waals surface area contributed by atoms with Gasteiger partial charge in [0.2, 0.25) is 0 Å². The van der Waals surface area contributed by atoms with Crippen LogP contribution in [0.2, 0.25) is 0 Å². The van der Waals surface area contributed by atoms with Crippen molar-refractivity contribution in [2.24, 2.45) is 5.92 Å². The molecule has 134 valence electrons. The van der Waals surface area contributed by atoms with Crippen molar-refractivity contribution in [3.05, 3.63) is 0 Å². The van der Waals surface area contributed by atoms with Gasteiger partial charge < -0.3 is 0 Å². The molecule has 0 aromatic heterocycles. The van der Waals surface area contributed by atoms with Gasteiger partial charge in [-0.15, -0.1) is 0 Å². The summed E-state index contributed by atoms with van der Waals surface area (Å²) in [5.41, 5.74) is 0. The Hall–Kier alpha value is 0. The van der Waals surface area contributed by atoms with E-state index < -0.39 is 0 Å². The lowest BCUT2D eigenvalue weighted by molar-refractivity contribution is 0.468. The molecule has 0 nitrogen and oxygen atoms in total. The Balaban J connectivity index is 2.97. The molecule has 0 aromatic rings. The van der Waals surface area contributed by atoms with Gasteiger partial charge in [0, 0.05) is 0 Å². The van der Waals surface area contributed by atoms with Crippen LogP contribution >= 0.6 is 0 Å². The molecule has 0 saturated heterocycles. The van der Waals surface area contributed by atoms with Gasteiger partial charge in [0.1, 0.15) is 0 Å². The maximum atomic E-state index is 2.39. The highest BCUT2D eigenvalue weighted by Crippen LogP contribution is 2.16. The lowest BCUT2D eigenvalue weighted by Crippen LogP contribution is -1.91. The summed E-state index contributed by atoms with van der Waals surface area (Å²) in [5, 5.41) is 0. The normalized spacial score (nSPS) is 12.7. The molecule has 1 unspecified atom stereocenters. The van der Waals surface area contributed by atoms with Crippen molar-refractivity contribution < 1.29 is 0 Å². The summed E-state index contributed by atoms with van der Waals surface area (Å²) in [6.07, 6.45) is 26.4. The maximum absolute atomic E-state index is 2.39. The van der Waals surface area contributed by atoms with Gasteiger partial charge >= 0.3 is 0 Å². The molecule has 0 fully saturated rings. The maximum Gasteiger partial charge on any atom is -0.0445 e. The first-order valence-corrected chi connectivity index (χ1v) is 10.8. The minimum Gasteiger partial charge on any atom is -0.0654 e. The molecule has 0 bridgehead atoms. The molecular weight excluding hydrogens is 264 g/mol. The molecule has 0 heterocycles. The van der Waals surface area contributed by atoms with Crippen LogP contribution in [0.15, 0.2) is 0 Å². The average molecular weight is 311 g/mol. The third-order valence-corrected chi connectivity index (χ3v) is 5.25. The molecule has 0 amide bonds. The summed E-state index contributed by atoms with van der Waals surface area (Å²) >= 11 is 0. The Bertz CT molecular complexity index is 184. The van der Waals surface area contributed by atoms with E-state index in [9.17, 15) is 0 Å². The average Bonchev–Trinajstić information content (AvgIpc) is 2.54. The largest absolute Gasteiger partial charge is 0.0654 e. The van der Waals surface area contributed by atoms with Gasteiger partial charge in [-0.05, 0) is 5.92 Å². The summed E-state index contributed by atoms with van der Waals surface area (Å²) in [7, 11) is 0. The van der Waals surface area contributed by atoms with E-state index in [1.165, 1.54) is 116 Å². The van der Waals surface area contributed by atoms with Crippen molar-refractivity contribution in [2.75, 3.05) is 0 Å². The summed E-state index contributed by atoms with van der Waals surface area (Å²) in [6.45, 7) is 7.01. The van der Waals surface area contributed by atoms with E-state index in [0.717, 1.165) is 5.92 Å². The third-order valence-electron chi connectivity index (χ3n) is 5.25. The molecule has 0 aromatic carbocycles. The van der Waals surface area contributed by atoms with Crippen LogP contribution < -0.4 is 0 Å². The Morgan fingerprint density at radius 1 is 0.455 bits per heavy atom. The van der Waals surface area contributed by atoms with Crippen molar-refractivity contribution in [1.82, 2.24) is 0 Å². The number of hydrogen-bond acceptors (Lipinski definition) is 0. The fourth-order valence-corrected chi connectivity index (χ4v) is 3.25. The van der Waals surface area contributed by atoms with Crippen molar-refractivity contribution >= 4 is 0 Å². The lowest BCUT2D eigenvalue weighted by Gasteiger charge is -2.07. The van der Waals surface area contributed by atoms with Gasteiger partial charge in [-0.2, -0.15) is 0 Å². The number of unbranched alkanes of at least 4 members (excludes halogenated alkanes) is 15. The van der Waals surface area contributed by atoms with E-state index >= 15 is 0 Å². The number of rotatable bonds is 18. The van der Waals surface area contributed by atoms with Gasteiger partial charge in [-0.25, -0.2) is 0 Å². The lowest BCUT2D eigenvalue weighted by atomic mass is 9.99. The Labute approximate surface area is 142 Å². The summed E-state index contributed by atoms with van der Waals surface area (Å²) in [4.78, 5) is 0. The molecule has 0 rings (SSSR count). The van der Waals surface area contributed by atoms with E-state index in [1.54, 1.807) is 0 Å². The van der Waals surface area contributed by atoms with Gasteiger partial charge in [0.05, 0.1) is 0 Å². The van der Waals surface area contributed by atoms with Crippen LogP contribution in [0.4, 0.5) is 0 Å². The van der Waals surface area contributed by atoms with Crippen LogP contribution in [0.3, 0.4) is 0 Å². The van der Waals surface area contributed by atoms with Crippen LogP contribution in [0.25, 0.3) is 0 Å². The highest BCUT2D eigenvalue weighted by atomic mass is 14.0. The zero-order chi connectivity index (χ0) is 16.3. The van der Waals surface area contributed by atoms with E-state index in [-0.39, 0.29) is 0 Å². The van der Waals surface area contributed by atoms with E-state index in [0.29, 0.717) is 0 Å². The second kappa shape index (κ2) is 19.0. The molecule has 0 aliphatic rings. The highest BCUT2D eigenvalue weighted by molar-refractivity contribution is 4.52. The predicted molar refractivity (Wildman–Crippen MR) is 104 cm³/mol. The van der Waals surface area contributed by atoms with Crippen LogP contribution in [0, 0.1) is 5.92 Å². The zero-order valence-corrected chi connectivity index (χ0v) is 16.3. The predicted octanol–water partition coefficient (Wildman–Crippen LogP) is 8.68. The van der Waals surface area contributed by atoms with Gasteiger partial charge in [0.15, 0.2) is 0 Å². The first-order chi connectivity index (χ1) is 10.8. The third kappa shape index (κ3) is 18.1. The smallest absolute Gasteiger partial charge is 0.0445 e. The molecule has 0 aliphatic carbocycles. The monoisotopic (exact) mass is 310 g/mol. The molecule has 1 atom stereocenters. The topological polar surface area (TPSA) is 0 Å². The summed E-state index contributed by atoms with van der Waals surface area (Å²) in [5.74, 6) is 0.951. The molecular formula is C22H46. The first kappa shape index (κ1) is 22.0. The van der Waals surface area contributed by atoms with Gasteiger partial charge in [-0.3, -0.25) is 0 Å². The molecule has 0 spiro atoms.